The molecule has 0 spiro atoms. The number of pyridine rings is 1. The van der Waals surface area contributed by atoms with Crippen LogP contribution in [-0.4, -0.2) is 16.9 Å². The minimum Gasteiger partial charge on any atom is -0.351 e. The molecule has 3 amide bonds. The largest absolute Gasteiger partial charge is 0.351 e. The van der Waals surface area contributed by atoms with E-state index >= 15 is 0 Å². The number of carbonyl (C=O) groups excluding carboxylic acids is 2. The first-order valence-corrected chi connectivity index (χ1v) is 5.04. The molecule has 5 nitrogen and oxygen atoms in total. The molecule has 2 aromatic rings. The minimum absolute atomic E-state index is 0.199. The molecular formula is C12H11N3O2. The first kappa shape index (κ1) is 11.1. The van der Waals surface area contributed by atoms with Gasteiger partial charge in [0.2, 0.25) is 0 Å². The summed E-state index contributed by atoms with van der Waals surface area (Å²) in [6.45, 7) is 1.91. The Morgan fingerprint density at radius 3 is 2.53 bits per heavy atom. The van der Waals surface area contributed by atoms with Gasteiger partial charge in [-0.25, -0.2) is 4.79 Å². The van der Waals surface area contributed by atoms with Crippen LogP contribution in [0.25, 0.3) is 10.8 Å². The van der Waals surface area contributed by atoms with E-state index in [1.54, 1.807) is 12.3 Å². The summed E-state index contributed by atoms with van der Waals surface area (Å²) in [5.74, 6) is -0.589. The molecule has 86 valence electrons. The fourth-order valence-electron chi connectivity index (χ4n) is 1.69. The number of amides is 3. The second kappa shape index (κ2) is 4.21. The highest BCUT2D eigenvalue weighted by molar-refractivity contribution is 6.10. The lowest BCUT2D eigenvalue weighted by atomic mass is 10.1. The molecule has 0 aliphatic heterocycles. The number of carbonyl (C=O) groups is 2. The van der Waals surface area contributed by atoms with Gasteiger partial charge in [-0.2, -0.15) is 0 Å². The molecule has 0 atom stereocenters. The van der Waals surface area contributed by atoms with E-state index in [0.29, 0.717) is 5.39 Å². The van der Waals surface area contributed by atoms with Crippen LogP contribution in [0, 0.1) is 6.92 Å². The average molecular weight is 229 g/mol. The molecule has 0 bridgehead atoms. The molecule has 1 aromatic heterocycles. The Morgan fingerprint density at radius 1 is 1.24 bits per heavy atom. The van der Waals surface area contributed by atoms with Crippen LogP contribution in [0.2, 0.25) is 0 Å². The first-order chi connectivity index (χ1) is 8.09. The van der Waals surface area contributed by atoms with Crippen molar-refractivity contribution in [1.82, 2.24) is 10.3 Å². The van der Waals surface area contributed by atoms with Crippen molar-refractivity contribution in [2.24, 2.45) is 5.73 Å². The van der Waals surface area contributed by atoms with Gasteiger partial charge in [0.15, 0.2) is 0 Å². The van der Waals surface area contributed by atoms with Crippen molar-refractivity contribution in [1.29, 1.82) is 0 Å². The maximum atomic E-state index is 11.7. The van der Waals surface area contributed by atoms with Crippen LogP contribution >= 0.6 is 0 Å². The van der Waals surface area contributed by atoms with Gasteiger partial charge in [-0.15, -0.1) is 0 Å². The molecule has 0 saturated heterocycles. The van der Waals surface area contributed by atoms with Crippen LogP contribution in [0.3, 0.4) is 0 Å². The lowest BCUT2D eigenvalue weighted by Crippen LogP contribution is -2.35. The van der Waals surface area contributed by atoms with Gasteiger partial charge in [0.1, 0.15) is 5.69 Å². The number of aromatic nitrogens is 1. The molecule has 0 aliphatic rings. The second-order valence-electron chi connectivity index (χ2n) is 3.65. The second-order valence-corrected chi connectivity index (χ2v) is 3.65. The molecule has 3 N–H and O–H groups in total. The van der Waals surface area contributed by atoms with Crippen LogP contribution in [0.4, 0.5) is 4.79 Å². The van der Waals surface area contributed by atoms with Crippen LogP contribution < -0.4 is 11.1 Å². The van der Waals surface area contributed by atoms with Crippen molar-refractivity contribution in [2.75, 3.05) is 0 Å². The zero-order chi connectivity index (χ0) is 12.4. The Labute approximate surface area is 97.6 Å². The number of hydrogen-bond acceptors (Lipinski definition) is 3. The van der Waals surface area contributed by atoms with Gasteiger partial charge in [-0.3, -0.25) is 15.1 Å². The molecule has 0 saturated carbocycles. The Kier molecular flexibility index (Phi) is 2.74. The quantitative estimate of drug-likeness (QED) is 0.774. The Bertz CT molecular complexity index is 608. The van der Waals surface area contributed by atoms with E-state index in [2.05, 4.69) is 4.98 Å². The summed E-state index contributed by atoms with van der Waals surface area (Å²) in [5.41, 5.74) is 6.07. The van der Waals surface area contributed by atoms with Crippen LogP contribution in [0.5, 0.6) is 0 Å². The smallest absolute Gasteiger partial charge is 0.319 e. The molecule has 0 fully saturated rings. The molecule has 1 heterocycles. The number of fused-ring (bicyclic) bond motifs is 1. The van der Waals surface area contributed by atoms with Crippen molar-refractivity contribution in [3.8, 4) is 0 Å². The predicted molar refractivity (Wildman–Crippen MR) is 63.5 cm³/mol. The average Bonchev–Trinajstić information content (AvgIpc) is 2.29. The maximum absolute atomic E-state index is 11.7. The van der Waals surface area contributed by atoms with Crippen LogP contribution in [0.15, 0.2) is 30.5 Å². The predicted octanol–water partition coefficient (Wildman–Crippen LogP) is 1.35. The number of imide groups is 1. The van der Waals surface area contributed by atoms with Gasteiger partial charge >= 0.3 is 6.03 Å². The fourth-order valence-corrected chi connectivity index (χ4v) is 1.69. The third-order valence-corrected chi connectivity index (χ3v) is 2.45. The maximum Gasteiger partial charge on any atom is 0.319 e. The molecule has 0 aliphatic carbocycles. The van der Waals surface area contributed by atoms with E-state index in [9.17, 15) is 9.59 Å². The van der Waals surface area contributed by atoms with Crippen LogP contribution in [0.1, 0.15) is 16.1 Å². The number of nitrogens with zero attached hydrogens (tertiary/aromatic N) is 1. The Hall–Kier alpha value is -2.43. The fraction of sp³-hybridized carbons (Fsp3) is 0.0833. The number of aryl methyl sites for hydroxylation is 1. The monoisotopic (exact) mass is 229 g/mol. The summed E-state index contributed by atoms with van der Waals surface area (Å²) in [6.07, 6.45) is 1.60. The standard InChI is InChI=1S/C12H11N3O2/c1-7-6-14-10(11(16)15-12(13)17)9-5-3-2-4-8(7)9/h2-6H,1H3,(H3,13,15,16,17). The lowest BCUT2D eigenvalue weighted by Gasteiger charge is -2.06. The SMILES string of the molecule is Cc1cnc(C(=O)NC(N)=O)c2ccccc12. The number of primary amides is 1. The molecule has 2 rings (SSSR count). The summed E-state index contributed by atoms with van der Waals surface area (Å²) < 4.78 is 0. The summed E-state index contributed by atoms with van der Waals surface area (Å²) in [6, 6.07) is 6.48. The molecule has 0 unspecified atom stereocenters. The first-order valence-electron chi connectivity index (χ1n) is 5.04. The Balaban J connectivity index is 2.59. The van der Waals surface area contributed by atoms with E-state index in [4.69, 9.17) is 5.73 Å². The van der Waals surface area contributed by atoms with Gasteiger partial charge in [0, 0.05) is 11.6 Å². The molecular weight excluding hydrogens is 218 g/mol. The van der Waals surface area contributed by atoms with E-state index in [0.717, 1.165) is 10.9 Å². The summed E-state index contributed by atoms with van der Waals surface area (Å²) in [4.78, 5) is 26.4. The van der Waals surface area contributed by atoms with E-state index in [1.165, 1.54) is 0 Å². The topological polar surface area (TPSA) is 85.1 Å². The third kappa shape index (κ3) is 2.08. The highest BCUT2D eigenvalue weighted by Gasteiger charge is 2.13. The van der Waals surface area contributed by atoms with Crippen molar-refractivity contribution < 1.29 is 9.59 Å². The number of urea groups is 1. The van der Waals surface area contributed by atoms with E-state index < -0.39 is 11.9 Å². The molecule has 17 heavy (non-hydrogen) atoms. The van der Waals surface area contributed by atoms with E-state index in [1.807, 2.05) is 30.4 Å². The minimum atomic E-state index is -0.888. The lowest BCUT2D eigenvalue weighted by molar-refractivity contribution is 0.0963. The normalized spacial score (nSPS) is 10.2. The molecule has 5 heteroatoms. The molecule has 1 aromatic carbocycles. The summed E-state index contributed by atoms with van der Waals surface area (Å²) in [5, 5.41) is 3.64. The van der Waals surface area contributed by atoms with Crippen molar-refractivity contribution in [3.63, 3.8) is 0 Å². The number of rotatable bonds is 1. The summed E-state index contributed by atoms with van der Waals surface area (Å²) in [7, 11) is 0. The zero-order valence-corrected chi connectivity index (χ0v) is 9.23. The van der Waals surface area contributed by atoms with Crippen molar-refractivity contribution in [2.45, 2.75) is 6.92 Å². The van der Waals surface area contributed by atoms with Gasteiger partial charge in [-0.1, -0.05) is 24.3 Å². The number of nitrogens with two attached hydrogens (primary N) is 1. The van der Waals surface area contributed by atoms with Gasteiger partial charge in [0.25, 0.3) is 5.91 Å². The highest BCUT2D eigenvalue weighted by atomic mass is 16.2. The van der Waals surface area contributed by atoms with E-state index in [-0.39, 0.29) is 5.69 Å². The number of benzene rings is 1. The zero-order valence-electron chi connectivity index (χ0n) is 9.23. The van der Waals surface area contributed by atoms with Crippen LogP contribution in [-0.2, 0) is 0 Å². The van der Waals surface area contributed by atoms with Crippen molar-refractivity contribution in [3.05, 3.63) is 41.7 Å². The highest BCUT2D eigenvalue weighted by Crippen LogP contribution is 2.19. The summed E-state index contributed by atoms with van der Waals surface area (Å²) >= 11 is 0. The van der Waals surface area contributed by atoms with Gasteiger partial charge < -0.3 is 5.73 Å². The van der Waals surface area contributed by atoms with Gasteiger partial charge in [-0.05, 0) is 17.9 Å². The van der Waals surface area contributed by atoms with Crippen molar-refractivity contribution >= 4 is 22.7 Å². The Morgan fingerprint density at radius 2 is 1.88 bits per heavy atom. The van der Waals surface area contributed by atoms with Gasteiger partial charge in [0.05, 0.1) is 0 Å². The number of hydrogen-bond donors (Lipinski definition) is 2. The third-order valence-electron chi connectivity index (χ3n) is 2.45. The number of nitrogens with one attached hydrogen (secondary N) is 1. The molecule has 0 radical (unpaired) electrons.